The largest absolute Gasteiger partial charge is 0.673 e. The number of hydrogen-bond donors (Lipinski definition) is 0. The summed E-state index contributed by atoms with van der Waals surface area (Å²) in [6, 6.07) is 0. The third kappa shape index (κ3) is 112. The summed E-state index contributed by atoms with van der Waals surface area (Å²) in [5.74, 6) is 0. The Hall–Kier alpha value is -0.430. The van der Waals surface area contributed by atoms with E-state index in [1.807, 2.05) is 0 Å². The standard InChI is InChI=1S/C10H22.2BF4/c1-3-5-7-9-10-8-6-4-2;2*2-1(3,4)5/h3-10H2,1-2H3;;/q;2*-1. The van der Waals surface area contributed by atoms with Gasteiger partial charge in [0.2, 0.25) is 0 Å². The lowest BCUT2D eigenvalue weighted by Crippen LogP contribution is -2.02. The zero-order valence-corrected chi connectivity index (χ0v) is 11.8. The number of rotatable bonds is 7. The highest BCUT2D eigenvalue weighted by Crippen LogP contribution is 2.08. The van der Waals surface area contributed by atoms with Gasteiger partial charge >= 0.3 is 14.5 Å². The molecule has 0 amide bonds. The maximum Gasteiger partial charge on any atom is 0.673 e. The molecular formula is C10H22B2F8-2. The van der Waals surface area contributed by atoms with Crippen LogP contribution in [-0.4, -0.2) is 14.5 Å². The van der Waals surface area contributed by atoms with Crippen LogP contribution in [0.4, 0.5) is 34.5 Å². The predicted octanol–water partition coefficient (Wildman–Crippen LogP) is 6.75. The van der Waals surface area contributed by atoms with E-state index in [0.717, 1.165) is 0 Å². The molecule has 0 atom stereocenters. The predicted molar refractivity (Wildman–Crippen MR) is 68.7 cm³/mol. The van der Waals surface area contributed by atoms with Crippen molar-refractivity contribution in [2.75, 3.05) is 0 Å². The van der Waals surface area contributed by atoms with Gasteiger partial charge in [0.1, 0.15) is 0 Å². The summed E-state index contributed by atoms with van der Waals surface area (Å²) in [6.07, 6.45) is 11.5. The Morgan fingerprint density at radius 2 is 0.600 bits per heavy atom. The lowest BCUT2D eigenvalue weighted by molar-refractivity contribution is 0.366. The van der Waals surface area contributed by atoms with Gasteiger partial charge < -0.3 is 34.5 Å². The van der Waals surface area contributed by atoms with Gasteiger partial charge in [-0.05, 0) is 0 Å². The van der Waals surface area contributed by atoms with Crippen molar-refractivity contribution >= 4 is 14.5 Å². The monoisotopic (exact) mass is 316 g/mol. The molecule has 0 unspecified atom stereocenters. The van der Waals surface area contributed by atoms with Crippen molar-refractivity contribution in [1.82, 2.24) is 0 Å². The highest BCUT2D eigenvalue weighted by Gasteiger charge is 2.21. The van der Waals surface area contributed by atoms with Crippen molar-refractivity contribution in [2.24, 2.45) is 0 Å². The molecule has 0 spiro atoms. The van der Waals surface area contributed by atoms with Crippen LogP contribution in [0.3, 0.4) is 0 Å². The molecule has 0 nitrogen and oxygen atoms in total. The minimum absolute atomic E-state index is 1.37. The molecule has 0 rings (SSSR count). The van der Waals surface area contributed by atoms with Crippen molar-refractivity contribution in [1.29, 1.82) is 0 Å². The topological polar surface area (TPSA) is 0 Å². The molecule has 0 bridgehead atoms. The first-order valence-electron chi connectivity index (χ1n) is 6.66. The fraction of sp³-hybridized carbons (Fsp3) is 1.00. The van der Waals surface area contributed by atoms with E-state index in [2.05, 4.69) is 13.8 Å². The molecule has 0 N–H and O–H groups in total. The second-order valence-corrected chi connectivity index (χ2v) is 4.11. The third-order valence-electron chi connectivity index (χ3n) is 1.96. The first kappa shape index (κ1) is 24.6. The van der Waals surface area contributed by atoms with E-state index in [1.165, 1.54) is 51.4 Å². The van der Waals surface area contributed by atoms with Gasteiger partial charge in [0.15, 0.2) is 0 Å². The molecule has 0 aromatic rings. The van der Waals surface area contributed by atoms with Gasteiger partial charge in [0, 0.05) is 0 Å². The summed E-state index contributed by atoms with van der Waals surface area (Å²) < 4.78 is 78.0. The van der Waals surface area contributed by atoms with E-state index in [4.69, 9.17) is 0 Å². The van der Waals surface area contributed by atoms with E-state index in [9.17, 15) is 34.5 Å². The highest BCUT2D eigenvalue weighted by molar-refractivity contribution is 6.50. The summed E-state index contributed by atoms with van der Waals surface area (Å²) in [4.78, 5) is 0. The molecule has 0 aliphatic carbocycles. The molecule has 0 aliphatic rings. The zero-order chi connectivity index (χ0) is 16.7. The number of halogens is 8. The summed E-state index contributed by atoms with van der Waals surface area (Å²) in [7, 11) is -12.0. The van der Waals surface area contributed by atoms with Crippen molar-refractivity contribution in [3.05, 3.63) is 0 Å². The Labute approximate surface area is 115 Å². The number of unbranched alkanes of at least 4 members (excludes halogenated alkanes) is 7. The summed E-state index contributed by atoms with van der Waals surface area (Å²) >= 11 is 0. The van der Waals surface area contributed by atoms with Gasteiger partial charge in [-0.25, -0.2) is 0 Å². The molecule has 10 heteroatoms. The average Bonchev–Trinajstić information content (AvgIpc) is 2.18. The fourth-order valence-corrected chi connectivity index (χ4v) is 1.21. The molecular weight excluding hydrogens is 294 g/mol. The van der Waals surface area contributed by atoms with Crippen LogP contribution >= 0.6 is 0 Å². The SMILES string of the molecule is CCCCCCCCCC.F[B-](F)(F)F.F[B-](F)(F)F. The average molecular weight is 316 g/mol. The van der Waals surface area contributed by atoms with Crippen LogP contribution < -0.4 is 0 Å². The Morgan fingerprint density at radius 1 is 0.450 bits per heavy atom. The maximum absolute atomic E-state index is 9.75. The minimum atomic E-state index is -6.00. The molecule has 0 fully saturated rings. The van der Waals surface area contributed by atoms with Crippen LogP contribution in [-0.2, 0) is 0 Å². The molecule has 0 heterocycles. The van der Waals surface area contributed by atoms with Gasteiger partial charge in [0.25, 0.3) is 0 Å². The van der Waals surface area contributed by atoms with Crippen LogP contribution in [0.1, 0.15) is 65.2 Å². The smallest absolute Gasteiger partial charge is 0.418 e. The van der Waals surface area contributed by atoms with Gasteiger partial charge in [0.05, 0.1) is 0 Å². The normalized spacial score (nSPS) is 11.1. The Balaban J connectivity index is -0.000000244. The molecule has 126 valence electrons. The molecule has 0 saturated carbocycles. The second kappa shape index (κ2) is 15.0. The lowest BCUT2D eigenvalue weighted by Gasteiger charge is -1.97. The van der Waals surface area contributed by atoms with E-state index < -0.39 is 14.5 Å². The van der Waals surface area contributed by atoms with Crippen LogP contribution in [0.5, 0.6) is 0 Å². The lowest BCUT2D eigenvalue weighted by atomic mass is 10.1. The van der Waals surface area contributed by atoms with Crippen molar-refractivity contribution in [3.63, 3.8) is 0 Å². The van der Waals surface area contributed by atoms with Gasteiger partial charge in [-0.1, -0.05) is 65.2 Å². The fourth-order valence-electron chi connectivity index (χ4n) is 1.21. The van der Waals surface area contributed by atoms with Crippen molar-refractivity contribution < 1.29 is 34.5 Å². The Morgan fingerprint density at radius 3 is 0.750 bits per heavy atom. The van der Waals surface area contributed by atoms with E-state index in [-0.39, 0.29) is 0 Å². The minimum Gasteiger partial charge on any atom is -0.418 e. The Bertz CT molecular complexity index is 149. The molecule has 0 aliphatic heterocycles. The van der Waals surface area contributed by atoms with Crippen molar-refractivity contribution in [2.45, 2.75) is 65.2 Å². The highest BCUT2D eigenvalue weighted by atomic mass is 19.5. The molecule has 20 heavy (non-hydrogen) atoms. The van der Waals surface area contributed by atoms with E-state index >= 15 is 0 Å². The summed E-state index contributed by atoms with van der Waals surface area (Å²) in [5, 5.41) is 0. The van der Waals surface area contributed by atoms with Crippen LogP contribution in [0.15, 0.2) is 0 Å². The van der Waals surface area contributed by atoms with Crippen LogP contribution in [0, 0.1) is 0 Å². The molecule has 0 saturated heterocycles. The first-order chi connectivity index (χ1) is 8.91. The summed E-state index contributed by atoms with van der Waals surface area (Å²) in [6.45, 7) is 4.54. The third-order valence-corrected chi connectivity index (χ3v) is 1.96. The van der Waals surface area contributed by atoms with E-state index in [1.54, 1.807) is 0 Å². The molecule has 0 aromatic carbocycles. The van der Waals surface area contributed by atoms with Crippen LogP contribution in [0.2, 0.25) is 0 Å². The van der Waals surface area contributed by atoms with Gasteiger partial charge in [-0.15, -0.1) is 0 Å². The zero-order valence-electron chi connectivity index (χ0n) is 11.8. The number of hydrogen-bond acceptors (Lipinski definition) is 0. The van der Waals surface area contributed by atoms with Crippen molar-refractivity contribution in [3.8, 4) is 0 Å². The van der Waals surface area contributed by atoms with Crippen LogP contribution in [0.25, 0.3) is 0 Å². The van der Waals surface area contributed by atoms with Gasteiger partial charge in [-0.2, -0.15) is 0 Å². The molecule has 0 aromatic heterocycles. The summed E-state index contributed by atoms with van der Waals surface area (Å²) in [5.41, 5.74) is 0. The Kier molecular flexibility index (Phi) is 18.4. The maximum atomic E-state index is 9.75. The van der Waals surface area contributed by atoms with Gasteiger partial charge in [-0.3, -0.25) is 0 Å². The quantitative estimate of drug-likeness (QED) is 0.277. The first-order valence-corrected chi connectivity index (χ1v) is 6.66. The molecule has 0 radical (unpaired) electrons. The van der Waals surface area contributed by atoms with E-state index in [0.29, 0.717) is 0 Å². The second-order valence-electron chi connectivity index (χ2n) is 4.11.